The van der Waals surface area contributed by atoms with Gasteiger partial charge in [0.05, 0.1) is 17.1 Å². The summed E-state index contributed by atoms with van der Waals surface area (Å²) in [6, 6.07) is 14.5. The molecule has 0 spiro atoms. The average Bonchev–Trinajstić information content (AvgIpc) is 2.96. The lowest BCUT2D eigenvalue weighted by molar-refractivity contribution is -0.129. The first-order valence-corrected chi connectivity index (χ1v) is 9.49. The maximum absolute atomic E-state index is 12.5. The van der Waals surface area contributed by atoms with E-state index in [0.717, 1.165) is 23.4 Å². The molecule has 0 bridgehead atoms. The number of imidazole rings is 1. The van der Waals surface area contributed by atoms with E-state index in [1.807, 2.05) is 45.9 Å². The lowest BCUT2D eigenvalue weighted by Gasteiger charge is -2.22. The van der Waals surface area contributed by atoms with Gasteiger partial charge in [-0.2, -0.15) is 0 Å². The van der Waals surface area contributed by atoms with Gasteiger partial charge in [0, 0.05) is 12.0 Å². The zero-order valence-corrected chi connectivity index (χ0v) is 17.1. The summed E-state index contributed by atoms with van der Waals surface area (Å²) in [5, 5.41) is 3.13. The zero-order chi connectivity index (χ0) is 19.8. The fourth-order valence-corrected chi connectivity index (χ4v) is 3.21. The number of carbonyl (C=O) groups excluding carboxylic acids is 1. The number of hydrogen-bond donors (Lipinski definition) is 1. The van der Waals surface area contributed by atoms with Crippen molar-refractivity contribution < 1.29 is 4.79 Å². The van der Waals surface area contributed by atoms with Gasteiger partial charge in [0.2, 0.25) is 5.91 Å². The van der Waals surface area contributed by atoms with Crippen LogP contribution in [0.5, 0.6) is 0 Å². The standard InChI is InChI=1S/C23H29N3O/c1-15-11-12-16(2)18(13-15)14-26-20-10-8-7-9-19(20)25-21(26)17(3)24-22(27)23(4,5)6/h7-13,17H,14H2,1-6H3,(H,24,27). The van der Waals surface area contributed by atoms with Crippen molar-refractivity contribution in [3.8, 4) is 0 Å². The summed E-state index contributed by atoms with van der Waals surface area (Å²) in [5.74, 6) is 0.912. The van der Waals surface area contributed by atoms with E-state index >= 15 is 0 Å². The fourth-order valence-electron chi connectivity index (χ4n) is 3.21. The highest BCUT2D eigenvalue weighted by atomic mass is 16.2. The van der Waals surface area contributed by atoms with E-state index in [-0.39, 0.29) is 11.9 Å². The molecule has 1 amide bonds. The van der Waals surface area contributed by atoms with Gasteiger partial charge in [0.15, 0.2) is 0 Å². The van der Waals surface area contributed by atoms with Crippen molar-refractivity contribution in [3.05, 3.63) is 65.0 Å². The van der Waals surface area contributed by atoms with Crippen molar-refractivity contribution in [2.75, 3.05) is 0 Å². The van der Waals surface area contributed by atoms with Gasteiger partial charge >= 0.3 is 0 Å². The van der Waals surface area contributed by atoms with Gasteiger partial charge in [-0.05, 0) is 44.0 Å². The van der Waals surface area contributed by atoms with E-state index in [2.05, 4.69) is 48.0 Å². The highest BCUT2D eigenvalue weighted by Gasteiger charge is 2.25. The van der Waals surface area contributed by atoms with Crippen LogP contribution in [0, 0.1) is 19.3 Å². The SMILES string of the molecule is Cc1ccc(C)c(Cn2c(C(C)NC(=O)C(C)(C)C)nc3ccccc32)c1. The lowest BCUT2D eigenvalue weighted by atomic mass is 9.95. The molecule has 0 aliphatic carbocycles. The molecule has 4 nitrogen and oxygen atoms in total. The highest BCUT2D eigenvalue weighted by Crippen LogP contribution is 2.25. The number of amides is 1. The molecule has 0 fully saturated rings. The molecule has 3 rings (SSSR count). The number of benzene rings is 2. The molecule has 0 radical (unpaired) electrons. The summed E-state index contributed by atoms with van der Waals surface area (Å²) in [6.07, 6.45) is 0. The van der Waals surface area contributed by atoms with E-state index in [0.29, 0.717) is 0 Å². The number of hydrogen-bond acceptors (Lipinski definition) is 2. The minimum atomic E-state index is -0.432. The van der Waals surface area contributed by atoms with Gasteiger partial charge < -0.3 is 9.88 Å². The third-order valence-electron chi connectivity index (χ3n) is 4.93. The third kappa shape index (κ3) is 4.05. The summed E-state index contributed by atoms with van der Waals surface area (Å²) in [5.41, 5.74) is 5.39. The topological polar surface area (TPSA) is 46.9 Å². The Morgan fingerprint density at radius 2 is 1.85 bits per heavy atom. The monoisotopic (exact) mass is 363 g/mol. The molecule has 1 heterocycles. The Hall–Kier alpha value is -2.62. The summed E-state index contributed by atoms with van der Waals surface area (Å²) in [6.45, 7) is 12.8. The molecule has 1 N–H and O–H groups in total. The fraction of sp³-hybridized carbons (Fsp3) is 0.391. The quantitative estimate of drug-likeness (QED) is 0.715. The van der Waals surface area contributed by atoms with Crippen LogP contribution in [0.15, 0.2) is 42.5 Å². The molecule has 3 aromatic rings. The predicted molar refractivity (Wildman–Crippen MR) is 111 cm³/mol. The minimum Gasteiger partial charge on any atom is -0.346 e. The van der Waals surface area contributed by atoms with Crippen LogP contribution >= 0.6 is 0 Å². The van der Waals surface area contributed by atoms with Crippen LogP contribution in [0.1, 0.15) is 56.3 Å². The summed E-state index contributed by atoms with van der Waals surface area (Å²) >= 11 is 0. The maximum atomic E-state index is 12.5. The van der Waals surface area contributed by atoms with Crippen molar-refractivity contribution in [1.82, 2.24) is 14.9 Å². The third-order valence-corrected chi connectivity index (χ3v) is 4.93. The van der Waals surface area contributed by atoms with Crippen molar-refractivity contribution in [2.45, 2.75) is 54.1 Å². The molecule has 1 atom stereocenters. The van der Waals surface area contributed by atoms with Gasteiger partial charge in [0.1, 0.15) is 5.82 Å². The van der Waals surface area contributed by atoms with Crippen molar-refractivity contribution >= 4 is 16.9 Å². The van der Waals surface area contributed by atoms with Crippen LogP contribution in [0.4, 0.5) is 0 Å². The Bertz CT molecular complexity index is 979. The highest BCUT2D eigenvalue weighted by molar-refractivity contribution is 5.82. The lowest BCUT2D eigenvalue weighted by Crippen LogP contribution is -2.37. The molecule has 142 valence electrons. The number of nitrogens with zero attached hydrogens (tertiary/aromatic N) is 2. The first-order valence-electron chi connectivity index (χ1n) is 9.49. The molecule has 0 saturated heterocycles. The second-order valence-electron chi connectivity index (χ2n) is 8.42. The Morgan fingerprint density at radius 3 is 2.56 bits per heavy atom. The van der Waals surface area contributed by atoms with E-state index in [1.165, 1.54) is 16.7 Å². The predicted octanol–water partition coefficient (Wildman–Crippen LogP) is 4.92. The first-order chi connectivity index (χ1) is 12.7. The average molecular weight is 364 g/mol. The Balaban J connectivity index is 2.04. The van der Waals surface area contributed by atoms with Gasteiger partial charge in [-0.15, -0.1) is 0 Å². The second-order valence-corrected chi connectivity index (χ2v) is 8.42. The minimum absolute atomic E-state index is 0.0281. The molecule has 1 unspecified atom stereocenters. The molecule has 1 aromatic heterocycles. The van der Waals surface area contributed by atoms with E-state index < -0.39 is 5.41 Å². The van der Waals surface area contributed by atoms with E-state index in [4.69, 9.17) is 4.98 Å². The molecule has 0 saturated carbocycles. The Labute approximate surface area is 161 Å². The molecule has 27 heavy (non-hydrogen) atoms. The van der Waals surface area contributed by atoms with Crippen LogP contribution in [-0.4, -0.2) is 15.5 Å². The number of fused-ring (bicyclic) bond motifs is 1. The normalized spacial score (nSPS) is 13.0. The van der Waals surface area contributed by atoms with Crippen LogP contribution in [0.25, 0.3) is 11.0 Å². The van der Waals surface area contributed by atoms with Crippen molar-refractivity contribution in [2.24, 2.45) is 5.41 Å². The summed E-state index contributed by atoms with van der Waals surface area (Å²) in [4.78, 5) is 17.3. The van der Waals surface area contributed by atoms with Crippen molar-refractivity contribution in [3.63, 3.8) is 0 Å². The Kier molecular flexibility index (Phi) is 5.09. The van der Waals surface area contributed by atoms with Gasteiger partial charge in [-0.25, -0.2) is 4.98 Å². The number of carbonyl (C=O) groups is 1. The van der Waals surface area contributed by atoms with Gasteiger partial charge in [0.25, 0.3) is 0 Å². The van der Waals surface area contributed by atoms with Crippen molar-refractivity contribution in [1.29, 1.82) is 0 Å². The van der Waals surface area contributed by atoms with Gasteiger partial charge in [-0.3, -0.25) is 4.79 Å². The zero-order valence-electron chi connectivity index (χ0n) is 17.1. The Morgan fingerprint density at radius 1 is 1.15 bits per heavy atom. The van der Waals surface area contributed by atoms with Crippen LogP contribution in [0.3, 0.4) is 0 Å². The number of aromatic nitrogens is 2. The second kappa shape index (κ2) is 7.18. The molecule has 0 aliphatic heterocycles. The first kappa shape index (κ1) is 19.2. The van der Waals surface area contributed by atoms with E-state index in [9.17, 15) is 4.79 Å². The molecule has 0 aliphatic rings. The maximum Gasteiger partial charge on any atom is 0.225 e. The summed E-state index contributed by atoms with van der Waals surface area (Å²) in [7, 11) is 0. The number of para-hydroxylation sites is 2. The number of rotatable bonds is 4. The summed E-state index contributed by atoms with van der Waals surface area (Å²) < 4.78 is 2.23. The number of aryl methyl sites for hydroxylation is 2. The molecule has 4 heteroatoms. The smallest absolute Gasteiger partial charge is 0.225 e. The van der Waals surface area contributed by atoms with Crippen LogP contribution < -0.4 is 5.32 Å². The molecule has 2 aromatic carbocycles. The van der Waals surface area contributed by atoms with Crippen LogP contribution in [0.2, 0.25) is 0 Å². The number of nitrogens with one attached hydrogen (secondary N) is 1. The molecular weight excluding hydrogens is 334 g/mol. The van der Waals surface area contributed by atoms with E-state index in [1.54, 1.807) is 0 Å². The molecular formula is C23H29N3O. The van der Waals surface area contributed by atoms with Gasteiger partial charge in [-0.1, -0.05) is 56.7 Å². The largest absolute Gasteiger partial charge is 0.346 e. The van der Waals surface area contributed by atoms with Crippen LogP contribution in [-0.2, 0) is 11.3 Å².